The first-order chi connectivity index (χ1) is 8.25. The van der Waals surface area contributed by atoms with Crippen molar-refractivity contribution >= 4 is 5.91 Å². The fraction of sp³-hybridized carbons (Fsp3) is 0.500. The van der Waals surface area contributed by atoms with Crippen LogP contribution in [0.15, 0.2) is 30.3 Å². The molecule has 2 heteroatoms. The number of hydrogen-bond acceptors (Lipinski definition) is 1. The monoisotopic (exact) mass is 216 g/mol. The molecular formula is C14H17NO. The lowest BCUT2D eigenvalue weighted by molar-refractivity contribution is 0.0595. The van der Waals surface area contributed by atoms with Gasteiger partial charge in [0.25, 0.3) is 5.91 Å². The number of fused-ring (bicyclic) bond motifs is 2. The highest BCUT2D eigenvalue weighted by molar-refractivity contribution is 5.94. The summed E-state index contributed by atoms with van der Waals surface area (Å²) in [5, 5.41) is 0. The molecule has 0 aliphatic carbocycles. The molecule has 0 N–H and O–H groups in total. The zero-order valence-electron chi connectivity index (χ0n) is 10.3. The van der Waals surface area contributed by atoms with Crippen molar-refractivity contribution in [2.24, 2.45) is 0 Å². The van der Waals surface area contributed by atoms with E-state index in [2.05, 4.69) is 0 Å². The van der Waals surface area contributed by atoms with Gasteiger partial charge in [-0.15, -0.1) is 0 Å². The van der Waals surface area contributed by atoms with Gasteiger partial charge in [0.05, 0.1) is 0 Å². The van der Waals surface area contributed by atoms with E-state index in [0.717, 1.165) is 31.2 Å². The summed E-state index contributed by atoms with van der Waals surface area (Å²) in [6.07, 6.45) is 3.91. The van der Waals surface area contributed by atoms with E-state index in [1.165, 1.54) is 0 Å². The van der Waals surface area contributed by atoms with Crippen molar-refractivity contribution in [1.82, 2.24) is 4.90 Å². The zero-order chi connectivity index (χ0) is 11.8. The molecular weight excluding hydrogens is 198 g/mol. The Labute approximate surface area is 97.7 Å². The summed E-state index contributed by atoms with van der Waals surface area (Å²) in [5.41, 5.74) is 0.785. The fourth-order valence-electron chi connectivity index (χ4n) is 2.97. The molecule has 0 aromatic heterocycles. The maximum absolute atomic E-state index is 12.4. The van der Waals surface area contributed by atoms with E-state index < -0.39 is 0 Å². The third kappa shape index (κ3) is 1.53. The van der Waals surface area contributed by atoms with Crippen LogP contribution in [0.2, 0.25) is 0 Å². The van der Waals surface area contributed by atoms with Gasteiger partial charge < -0.3 is 4.90 Å². The van der Waals surface area contributed by atoms with Crippen LogP contribution in [0.4, 0.5) is 0 Å². The van der Waals surface area contributed by atoms with E-state index in [0.29, 0.717) is 12.1 Å². The Kier molecular flexibility index (Phi) is 2.16. The lowest BCUT2D eigenvalue weighted by Gasteiger charge is -2.34. The summed E-state index contributed by atoms with van der Waals surface area (Å²) in [6, 6.07) is 10.1. The van der Waals surface area contributed by atoms with Crippen molar-refractivity contribution in [2.45, 2.75) is 44.2 Å². The van der Waals surface area contributed by atoms with Crippen LogP contribution in [0.5, 0.6) is 0 Å². The molecule has 2 aliphatic heterocycles. The normalized spacial score (nSPS) is 33.6. The maximum atomic E-state index is 12.4. The van der Waals surface area contributed by atoms with Crippen molar-refractivity contribution in [2.75, 3.05) is 0 Å². The molecule has 3 rings (SSSR count). The lowest BCUT2D eigenvalue weighted by Crippen LogP contribution is -2.43. The first-order valence-electron chi connectivity index (χ1n) is 6.63. The maximum Gasteiger partial charge on any atom is 0.254 e. The second-order valence-electron chi connectivity index (χ2n) is 4.72. The van der Waals surface area contributed by atoms with Crippen LogP contribution in [0, 0.1) is 0 Å². The van der Waals surface area contributed by atoms with Gasteiger partial charge in [-0.2, -0.15) is 0 Å². The van der Waals surface area contributed by atoms with Gasteiger partial charge in [0, 0.05) is 19.0 Å². The van der Waals surface area contributed by atoms with Crippen molar-refractivity contribution in [3.8, 4) is 0 Å². The minimum atomic E-state index is 0.0346. The molecule has 84 valence electrons. The minimum Gasteiger partial charge on any atom is -0.333 e. The van der Waals surface area contributed by atoms with Crippen LogP contribution < -0.4 is 0 Å². The van der Waals surface area contributed by atoms with E-state index in [1.807, 2.05) is 35.2 Å². The van der Waals surface area contributed by atoms with Gasteiger partial charge in [-0.3, -0.25) is 4.79 Å². The summed E-state index contributed by atoms with van der Waals surface area (Å²) in [5.74, 6) is 0.157. The Hall–Kier alpha value is -1.31. The zero-order valence-corrected chi connectivity index (χ0v) is 9.30. The van der Waals surface area contributed by atoms with Crippen LogP contribution in [-0.4, -0.2) is 22.9 Å². The number of rotatable bonds is 1. The highest BCUT2D eigenvalue weighted by Gasteiger charge is 2.39. The summed E-state index contributed by atoms with van der Waals surface area (Å²) in [6.45, 7) is 0. The van der Waals surface area contributed by atoms with Crippen LogP contribution in [0.1, 0.15) is 43.8 Å². The van der Waals surface area contributed by atoms with E-state index in [4.69, 9.17) is 1.37 Å². The Morgan fingerprint density at radius 2 is 1.75 bits per heavy atom. The van der Waals surface area contributed by atoms with E-state index in [1.54, 1.807) is 0 Å². The molecule has 16 heavy (non-hydrogen) atoms. The van der Waals surface area contributed by atoms with Crippen LogP contribution in [0.3, 0.4) is 0 Å². The average Bonchev–Trinajstić information content (AvgIpc) is 2.62. The smallest absolute Gasteiger partial charge is 0.254 e. The van der Waals surface area contributed by atoms with Crippen molar-refractivity contribution < 1.29 is 6.17 Å². The van der Waals surface area contributed by atoms with E-state index in [9.17, 15) is 4.79 Å². The predicted molar refractivity (Wildman–Crippen MR) is 63.3 cm³/mol. The van der Waals surface area contributed by atoms with E-state index in [-0.39, 0.29) is 12.3 Å². The van der Waals surface area contributed by atoms with Gasteiger partial charge >= 0.3 is 0 Å². The standard InChI is InChI=1S/C14H17NO/c16-14(11-5-2-1-3-6-11)15-12-7-4-8-13(15)10-9-12/h1-3,5-6,12-13H,4,7-10H2/t12-,13+/i4D/t4?,12-,13+. The molecule has 2 saturated heterocycles. The Morgan fingerprint density at radius 3 is 2.38 bits per heavy atom. The number of carbonyl (C=O) groups is 1. The molecule has 2 bridgehead atoms. The topological polar surface area (TPSA) is 20.3 Å². The van der Waals surface area contributed by atoms with Crippen molar-refractivity contribution in [1.29, 1.82) is 0 Å². The average molecular weight is 216 g/mol. The largest absolute Gasteiger partial charge is 0.333 e. The molecule has 2 nitrogen and oxygen atoms in total. The summed E-state index contributed by atoms with van der Waals surface area (Å²) >= 11 is 0. The third-order valence-electron chi connectivity index (χ3n) is 3.75. The molecule has 0 spiro atoms. The summed E-state index contributed by atoms with van der Waals surface area (Å²) < 4.78 is 7.87. The highest BCUT2D eigenvalue weighted by atomic mass is 16.2. The molecule has 0 saturated carbocycles. The first-order valence-corrected chi connectivity index (χ1v) is 6.05. The molecule has 1 unspecified atom stereocenters. The Morgan fingerprint density at radius 1 is 1.12 bits per heavy atom. The highest BCUT2D eigenvalue weighted by Crippen LogP contribution is 2.36. The second-order valence-corrected chi connectivity index (χ2v) is 4.72. The molecule has 1 amide bonds. The quantitative estimate of drug-likeness (QED) is 0.707. The van der Waals surface area contributed by atoms with Gasteiger partial charge in [-0.25, -0.2) is 0 Å². The summed E-state index contributed by atoms with van der Waals surface area (Å²) in [7, 11) is 0. The van der Waals surface area contributed by atoms with Crippen LogP contribution in [-0.2, 0) is 0 Å². The molecule has 2 heterocycles. The van der Waals surface area contributed by atoms with Gasteiger partial charge in [0.2, 0.25) is 0 Å². The SMILES string of the molecule is [2H]C1C[C@H]2CC[C@@H](C1)N2C(=O)c1ccccc1. The molecule has 2 aliphatic rings. The Bertz CT molecular complexity index is 405. The lowest BCUT2D eigenvalue weighted by atomic mass is 10.0. The molecule has 1 aromatic rings. The van der Waals surface area contributed by atoms with E-state index >= 15 is 0 Å². The summed E-state index contributed by atoms with van der Waals surface area (Å²) in [4.78, 5) is 14.5. The van der Waals surface area contributed by atoms with Gasteiger partial charge in [-0.1, -0.05) is 18.2 Å². The number of benzene rings is 1. The molecule has 0 radical (unpaired) electrons. The number of hydrogen-bond donors (Lipinski definition) is 0. The van der Waals surface area contributed by atoms with Gasteiger partial charge in [0.15, 0.2) is 0 Å². The molecule has 2 fully saturated rings. The van der Waals surface area contributed by atoms with Crippen LogP contribution >= 0.6 is 0 Å². The van der Waals surface area contributed by atoms with Crippen molar-refractivity contribution in [3.05, 3.63) is 35.9 Å². The van der Waals surface area contributed by atoms with Crippen LogP contribution in [0.25, 0.3) is 0 Å². The van der Waals surface area contributed by atoms with Crippen molar-refractivity contribution in [3.63, 3.8) is 0 Å². The Balaban J connectivity index is 1.84. The van der Waals surface area contributed by atoms with Gasteiger partial charge in [-0.05, 0) is 44.2 Å². The van der Waals surface area contributed by atoms with Gasteiger partial charge in [0.1, 0.15) is 0 Å². The predicted octanol–water partition coefficient (Wildman–Crippen LogP) is 2.84. The number of carbonyl (C=O) groups excluding carboxylic acids is 1. The molecule has 1 aromatic carbocycles. The first kappa shape index (κ1) is 8.80. The minimum absolute atomic E-state index is 0.0346. The third-order valence-corrected chi connectivity index (χ3v) is 3.75. The second kappa shape index (κ2) is 3.93. The fourth-order valence-corrected chi connectivity index (χ4v) is 2.97. The molecule has 3 atom stereocenters. The number of nitrogens with zero attached hydrogens (tertiary/aromatic N) is 1. The number of piperidine rings is 1. The number of amides is 1.